The van der Waals surface area contributed by atoms with Gasteiger partial charge in [0.1, 0.15) is 0 Å². The van der Waals surface area contributed by atoms with Gasteiger partial charge in [0, 0.05) is 0 Å². The Hall–Kier alpha value is 1.87. The molecule has 0 bridgehead atoms. The molecule has 0 aromatic rings. The molecule has 0 amide bonds. The molecule has 0 saturated carbocycles. The first-order valence-corrected chi connectivity index (χ1v) is 11.8. The Morgan fingerprint density at radius 1 is 1.62 bits per heavy atom. The summed E-state index contributed by atoms with van der Waals surface area (Å²) in [5.74, 6) is 2.86. The van der Waals surface area contributed by atoms with Crippen LogP contribution in [-0.4, -0.2) is 41.8 Å². The third kappa shape index (κ3) is 2.64. The fraction of sp³-hybridized carbons (Fsp3) is 1.00. The predicted molar refractivity (Wildman–Crippen MR) is 48.0 cm³/mol. The van der Waals surface area contributed by atoms with Crippen LogP contribution in [0.25, 0.3) is 0 Å². The van der Waals surface area contributed by atoms with Crippen molar-refractivity contribution in [1.82, 2.24) is 0 Å². The van der Waals surface area contributed by atoms with Crippen LogP contribution >= 0.6 is 29.5 Å². The molecular weight excluding hydrogens is 266 g/mol. The molecule has 0 N–H and O–H groups in total. The van der Waals surface area contributed by atoms with Gasteiger partial charge in [-0.15, -0.1) is 0 Å². The van der Waals surface area contributed by atoms with Gasteiger partial charge in [-0.2, -0.15) is 0 Å². The Bertz CT molecular complexity index is 64.3. The molecule has 0 aliphatic carbocycles. The molecule has 47 valence electrons. The second-order valence-corrected chi connectivity index (χ2v) is 13.2. The van der Waals surface area contributed by atoms with Gasteiger partial charge in [-0.25, -0.2) is 0 Å². The molecule has 1 saturated heterocycles. The second kappa shape index (κ2) is 4.65. The Kier molecular flexibility index (Phi) is 4.63. The summed E-state index contributed by atoms with van der Waals surface area (Å²) in [7, 11) is 4.34. The van der Waals surface area contributed by atoms with Crippen LogP contribution < -0.4 is 0 Å². The Balaban J connectivity index is 1.86. The minimum absolute atomic E-state index is 0.151. The van der Waals surface area contributed by atoms with Gasteiger partial charge >= 0.3 is 71.3 Å². The van der Waals surface area contributed by atoms with Gasteiger partial charge in [0.25, 0.3) is 0 Å². The SMILES string of the molecule is C[S][Sb][S]C1CSC1. The van der Waals surface area contributed by atoms with E-state index >= 15 is 0 Å². The molecular formula is C4H8S3Sb. The molecule has 1 rings (SSSR count). The van der Waals surface area contributed by atoms with Gasteiger partial charge in [0.05, 0.1) is 0 Å². The van der Waals surface area contributed by atoms with Crippen LogP contribution in [0.2, 0.25) is 0 Å². The van der Waals surface area contributed by atoms with Crippen LogP contribution in [0.3, 0.4) is 0 Å². The van der Waals surface area contributed by atoms with Crippen molar-refractivity contribution in [2.45, 2.75) is 5.25 Å². The number of hydrogen-bond acceptors (Lipinski definition) is 3. The van der Waals surface area contributed by atoms with E-state index in [0.717, 1.165) is 5.25 Å². The Labute approximate surface area is 70.7 Å². The van der Waals surface area contributed by atoms with E-state index in [9.17, 15) is 0 Å². The van der Waals surface area contributed by atoms with E-state index in [-0.39, 0.29) is 18.8 Å². The maximum atomic E-state index is 2.26. The third-order valence-electron chi connectivity index (χ3n) is 0.874. The van der Waals surface area contributed by atoms with Gasteiger partial charge < -0.3 is 0 Å². The van der Waals surface area contributed by atoms with Gasteiger partial charge in [-0.1, -0.05) is 0 Å². The molecule has 1 fully saturated rings. The fourth-order valence-electron chi connectivity index (χ4n) is 0.379. The standard InChI is InChI=1S/C3H6S2.CH4S.Sb/c4-3-1-5-2-3;1-2;/h3-4H,1-2H2;2H,1H3;/q;;+2/p-2. The molecule has 1 heterocycles. The van der Waals surface area contributed by atoms with Crippen LogP contribution in [0, 0.1) is 0 Å². The van der Waals surface area contributed by atoms with Crippen molar-refractivity contribution in [1.29, 1.82) is 0 Å². The van der Waals surface area contributed by atoms with Crippen molar-refractivity contribution >= 4 is 48.3 Å². The van der Waals surface area contributed by atoms with E-state index in [2.05, 4.69) is 35.7 Å². The van der Waals surface area contributed by atoms with Crippen molar-refractivity contribution in [2.75, 3.05) is 17.8 Å². The maximum absolute atomic E-state index is 2.26. The van der Waals surface area contributed by atoms with Crippen molar-refractivity contribution in [3.8, 4) is 0 Å². The average molecular weight is 274 g/mol. The van der Waals surface area contributed by atoms with Crippen LogP contribution in [0.15, 0.2) is 0 Å². The summed E-state index contributed by atoms with van der Waals surface area (Å²) in [5, 5.41) is 1.06. The summed E-state index contributed by atoms with van der Waals surface area (Å²) < 4.78 is 0. The first-order chi connectivity index (χ1) is 3.93. The first kappa shape index (κ1) is 7.97. The van der Waals surface area contributed by atoms with E-state index in [1.807, 2.05) is 0 Å². The summed E-state index contributed by atoms with van der Waals surface area (Å²) in [4.78, 5) is 0. The van der Waals surface area contributed by atoms with E-state index in [1.165, 1.54) is 11.5 Å². The molecule has 0 spiro atoms. The average Bonchev–Trinajstić information content (AvgIpc) is 1.63. The van der Waals surface area contributed by atoms with E-state index < -0.39 is 0 Å². The fourth-order valence-corrected chi connectivity index (χ4v) is 11.2. The molecule has 0 unspecified atom stereocenters. The molecule has 0 aromatic heterocycles. The number of thioether (sulfide) groups is 1. The molecule has 8 heavy (non-hydrogen) atoms. The molecule has 4 heteroatoms. The molecule has 0 atom stereocenters. The number of rotatable bonds is 3. The predicted octanol–water partition coefficient (Wildman–Crippen LogP) is 1.73. The van der Waals surface area contributed by atoms with Crippen LogP contribution in [0.5, 0.6) is 0 Å². The zero-order chi connectivity index (χ0) is 5.82. The van der Waals surface area contributed by atoms with Crippen molar-refractivity contribution in [3.05, 3.63) is 0 Å². The topological polar surface area (TPSA) is 0 Å². The molecule has 0 aromatic carbocycles. The van der Waals surface area contributed by atoms with Crippen LogP contribution in [0.4, 0.5) is 0 Å². The molecule has 1 aliphatic rings. The molecule has 0 nitrogen and oxygen atoms in total. The summed E-state index contributed by atoms with van der Waals surface area (Å²) in [6, 6.07) is 0. The van der Waals surface area contributed by atoms with Crippen molar-refractivity contribution in [2.24, 2.45) is 0 Å². The number of hydrogen-bond donors (Lipinski definition) is 0. The second-order valence-electron chi connectivity index (χ2n) is 1.52. The first-order valence-electron chi connectivity index (χ1n) is 2.40. The summed E-state index contributed by atoms with van der Waals surface area (Å²) in [6.45, 7) is 0. The molecule has 1 aliphatic heterocycles. The normalized spacial score (nSPS) is 20.6. The van der Waals surface area contributed by atoms with Gasteiger partial charge in [-0.05, 0) is 0 Å². The third-order valence-corrected chi connectivity index (χ3v) is 12.7. The Morgan fingerprint density at radius 2 is 2.38 bits per heavy atom. The van der Waals surface area contributed by atoms with Gasteiger partial charge in [0.15, 0.2) is 0 Å². The van der Waals surface area contributed by atoms with Gasteiger partial charge in [0.2, 0.25) is 0 Å². The zero-order valence-corrected chi connectivity index (χ0v) is 9.67. The van der Waals surface area contributed by atoms with Crippen LogP contribution in [-0.2, 0) is 0 Å². The summed E-state index contributed by atoms with van der Waals surface area (Å²) in [5.41, 5.74) is 0. The Morgan fingerprint density at radius 3 is 2.75 bits per heavy atom. The van der Waals surface area contributed by atoms with Crippen molar-refractivity contribution < 1.29 is 0 Å². The van der Waals surface area contributed by atoms with Crippen molar-refractivity contribution in [3.63, 3.8) is 0 Å². The van der Waals surface area contributed by atoms with E-state index in [4.69, 9.17) is 0 Å². The molecule has 1 radical (unpaired) electrons. The van der Waals surface area contributed by atoms with E-state index in [0.29, 0.717) is 0 Å². The monoisotopic (exact) mass is 273 g/mol. The van der Waals surface area contributed by atoms with Crippen LogP contribution in [0.1, 0.15) is 0 Å². The quantitative estimate of drug-likeness (QED) is 0.719. The summed E-state index contributed by atoms with van der Waals surface area (Å²) >= 11 is 2.24. The zero-order valence-electron chi connectivity index (χ0n) is 4.66. The summed E-state index contributed by atoms with van der Waals surface area (Å²) in [6.07, 6.45) is 2.23. The van der Waals surface area contributed by atoms with E-state index in [1.54, 1.807) is 0 Å². The van der Waals surface area contributed by atoms with Gasteiger partial charge in [-0.3, -0.25) is 0 Å². The minimum atomic E-state index is 0.151.